The largest absolute Gasteiger partial charge is 0.387 e. The Morgan fingerprint density at radius 3 is 2.12 bits per heavy atom. The van der Waals surface area contributed by atoms with Gasteiger partial charge in [0, 0.05) is 14.2 Å². The minimum absolute atomic E-state index is 0.607. The van der Waals surface area contributed by atoms with E-state index in [-0.39, 0.29) is 0 Å². The van der Waals surface area contributed by atoms with Crippen LogP contribution in [0.1, 0.15) is 18.6 Å². The van der Waals surface area contributed by atoms with E-state index in [1.165, 1.54) is 14.2 Å². The van der Waals surface area contributed by atoms with E-state index >= 15 is 0 Å². The highest BCUT2D eigenvalue weighted by Crippen LogP contribution is 2.55. The van der Waals surface area contributed by atoms with Crippen molar-refractivity contribution in [2.75, 3.05) is 14.2 Å². The molecule has 0 amide bonds. The zero-order valence-electron chi connectivity index (χ0n) is 9.66. The molecule has 0 aliphatic carbocycles. The minimum atomic E-state index is -3.24. The zero-order valence-corrected chi connectivity index (χ0v) is 10.6. The van der Waals surface area contributed by atoms with Crippen molar-refractivity contribution in [3.8, 4) is 0 Å². The molecule has 0 fully saturated rings. The predicted octanol–water partition coefficient (Wildman–Crippen LogP) is 2.59. The Morgan fingerprint density at radius 1 is 1.19 bits per heavy atom. The zero-order chi connectivity index (χ0) is 12.2. The van der Waals surface area contributed by atoms with Gasteiger partial charge in [0.1, 0.15) is 0 Å². The molecule has 5 heteroatoms. The minimum Gasteiger partial charge on any atom is -0.387 e. The van der Waals surface area contributed by atoms with Gasteiger partial charge in [0.15, 0.2) is 0 Å². The molecule has 0 aliphatic rings. The maximum absolute atomic E-state index is 12.1. The van der Waals surface area contributed by atoms with Crippen LogP contribution < -0.4 is 0 Å². The molecular formula is C11H17O4P. The van der Waals surface area contributed by atoms with Crippen LogP contribution in [0.4, 0.5) is 0 Å². The lowest BCUT2D eigenvalue weighted by atomic mass is 10.1. The monoisotopic (exact) mass is 244 g/mol. The van der Waals surface area contributed by atoms with Gasteiger partial charge in [-0.15, -0.1) is 0 Å². The molecule has 0 aliphatic heterocycles. The van der Waals surface area contributed by atoms with E-state index < -0.39 is 19.4 Å². The van der Waals surface area contributed by atoms with Gasteiger partial charge in [-0.2, -0.15) is 0 Å². The van der Waals surface area contributed by atoms with Gasteiger partial charge in [-0.3, -0.25) is 4.57 Å². The Bertz CT molecular complexity index is 358. The summed E-state index contributed by atoms with van der Waals surface area (Å²) >= 11 is 0. The molecule has 0 saturated heterocycles. The average molecular weight is 244 g/mol. The summed E-state index contributed by atoms with van der Waals surface area (Å²) in [7, 11) is -0.608. The summed E-state index contributed by atoms with van der Waals surface area (Å²) in [6, 6.07) is 9.03. The second-order valence-electron chi connectivity index (χ2n) is 3.50. The van der Waals surface area contributed by atoms with Crippen molar-refractivity contribution in [3.63, 3.8) is 0 Å². The van der Waals surface area contributed by atoms with Crippen LogP contribution in [-0.4, -0.2) is 25.0 Å². The van der Waals surface area contributed by atoms with E-state index in [2.05, 4.69) is 0 Å². The van der Waals surface area contributed by atoms with Crippen molar-refractivity contribution < 1.29 is 18.7 Å². The quantitative estimate of drug-likeness (QED) is 0.809. The SMILES string of the molecule is COP(=O)(OC)[C@H](C)[C@H](O)c1ccccc1. The first-order valence-corrected chi connectivity index (χ1v) is 6.60. The van der Waals surface area contributed by atoms with Crippen LogP contribution >= 0.6 is 7.60 Å². The Labute approximate surface area is 95.7 Å². The van der Waals surface area contributed by atoms with Crippen molar-refractivity contribution >= 4 is 7.60 Å². The third kappa shape index (κ3) is 2.71. The Balaban J connectivity index is 2.90. The number of benzene rings is 1. The predicted molar refractivity (Wildman–Crippen MR) is 62.5 cm³/mol. The van der Waals surface area contributed by atoms with Crippen LogP contribution in [0.3, 0.4) is 0 Å². The summed E-state index contributed by atoms with van der Waals surface area (Å²) in [6.07, 6.45) is -0.869. The van der Waals surface area contributed by atoms with Crippen molar-refractivity contribution in [1.29, 1.82) is 0 Å². The molecule has 1 rings (SSSR count). The third-order valence-corrected chi connectivity index (χ3v) is 4.90. The molecule has 1 aromatic carbocycles. The molecule has 1 N–H and O–H groups in total. The van der Waals surface area contributed by atoms with E-state index in [1.54, 1.807) is 19.1 Å². The Kier molecular flexibility index (Phi) is 4.69. The van der Waals surface area contributed by atoms with Gasteiger partial charge >= 0.3 is 7.60 Å². The molecule has 16 heavy (non-hydrogen) atoms. The van der Waals surface area contributed by atoms with Crippen molar-refractivity contribution in [3.05, 3.63) is 35.9 Å². The van der Waals surface area contributed by atoms with E-state index in [1.807, 2.05) is 18.2 Å². The second-order valence-corrected chi connectivity index (χ2v) is 6.13. The number of hydrogen-bond acceptors (Lipinski definition) is 4. The molecule has 90 valence electrons. The van der Waals surface area contributed by atoms with Crippen LogP contribution in [0.2, 0.25) is 0 Å². The first-order valence-electron chi connectivity index (χ1n) is 4.99. The van der Waals surface area contributed by atoms with Gasteiger partial charge in [-0.25, -0.2) is 0 Å². The summed E-state index contributed by atoms with van der Waals surface area (Å²) in [4.78, 5) is 0. The highest BCUT2D eigenvalue weighted by Gasteiger charge is 2.36. The molecular weight excluding hydrogens is 227 g/mol. The summed E-state index contributed by atoms with van der Waals surface area (Å²) in [5, 5.41) is 10.1. The van der Waals surface area contributed by atoms with Gasteiger partial charge < -0.3 is 14.2 Å². The maximum atomic E-state index is 12.1. The molecule has 0 spiro atoms. The lowest BCUT2D eigenvalue weighted by Crippen LogP contribution is -2.17. The number of rotatable bonds is 5. The number of aliphatic hydroxyl groups excluding tert-OH is 1. The summed E-state index contributed by atoms with van der Waals surface area (Å²) in [5.41, 5.74) is 0.0919. The molecule has 1 aromatic rings. The van der Waals surface area contributed by atoms with Crippen LogP contribution in [0.25, 0.3) is 0 Å². The van der Waals surface area contributed by atoms with Gasteiger partial charge in [0.25, 0.3) is 0 Å². The standard InChI is InChI=1S/C11H17O4P/c1-9(16(13,14-2)15-3)11(12)10-7-5-4-6-8-10/h4-9,11-12H,1-3H3/t9-,11+/m1/s1. The fourth-order valence-corrected chi connectivity index (χ4v) is 2.84. The van der Waals surface area contributed by atoms with Gasteiger partial charge in [-0.05, 0) is 12.5 Å². The summed E-state index contributed by atoms with van der Waals surface area (Å²) in [6.45, 7) is 1.64. The van der Waals surface area contributed by atoms with E-state index in [4.69, 9.17) is 9.05 Å². The van der Waals surface area contributed by atoms with Crippen LogP contribution in [0.15, 0.2) is 30.3 Å². The highest BCUT2D eigenvalue weighted by atomic mass is 31.2. The number of aliphatic hydroxyl groups is 1. The maximum Gasteiger partial charge on any atom is 0.335 e. The van der Waals surface area contributed by atoms with Gasteiger partial charge in [0.2, 0.25) is 0 Å². The topological polar surface area (TPSA) is 55.8 Å². The Morgan fingerprint density at radius 2 is 1.69 bits per heavy atom. The smallest absolute Gasteiger partial charge is 0.335 e. The molecule has 0 radical (unpaired) electrons. The molecule has 2 atom stereocenters. The molecule has 0 saturated carbocycles. The first kappa shape index (κ1) is 13.4. The van der Waals surface area contributed by atoms with Gasteiger partial charge in [0.05, 0.1) is 11.8 Å². The van der Waals surface area contributed by atoms with E-state index in [0.717, 1.165) is 0 Å². The van der Waals surface area contributed by atoms with E-state index in [9.17, 15) is 9.67 Å². The average Bonchev–Trinajstić information content (AvgIpc) is 2.37. The van der Waals surface area contributed by atoms with Crippen molar-refractivity contribution in [1.82, 2.24) is 0 Å². The van der Waals surface area contributed by atoms with Crippen molar-refractivity contribution in [2.45, 2.75) is 18.7 Å². The fraction of sp³-hybridized carbons (Fsp3) is 0.455. The first-order chi connectivity index (χ1) is 7.55. The molecule has 4 nitrogen and oxygen atoms in total. The number of hydrogen-bond donors (Lipinski definition) is 1. The fourth-order valence-electron chi connectivity index (χ4n) is 1.51. The summed E-state index contributed by atoms with van der Waals surface area (Å²) in [5.74, 6) is 0. The lowest BCUT2D eigenvalue weighted by molar-refractivity contribution is 0.155. The molecule has 0 heterocycles. The van der Waals surface area contributed by atoms with Crippen LogP contribution in [0.5, 0.6) is 0 Å². The third-order valence-electron chi connectivity index (χ3n) is 2.61. The van der Waals surface area contributed by atoms with Gasteiger partial charge in [-0.1, -0.05) is 30.3 Å². The molecule has 0 unspecified atom stereocenters. The lowest BCUT2D eigenvalue weighted by Gasteiger charge is -2.25. The normalized spacial score (nSPS) is 15.8. The molecule has 0 aromatic heterocycles. The Hall–Kier alpha value is -0.670. The van der Waals surface area contributed by atoms with Crippen LogP contribution in [0, 0.1) is 0 Å². The van der Waals surface area contributed by atoms with Crippen molar-refractivity contribution in [2.24, 2.45) is 0 Å². The van der Waals surface area contributed by atoms with E-state index in [0.29, 0.717) is 5.56 Å². The highest BCUT2D eigenvalue weighted by molar-refractivity contribution is 7.54. The second kappa shape index (κ2) is 5.60. The van der Waals surface area contributed by atoms with Crippen LogP contribution in [-0.2, 0) is 13.6 Å². The molecule has 0 bridgehead atoms. The summed E-state index contributed by atoms with van der Waals surface area (Å²) < 4.78 is 21.8.